The van der Waals surface area contributed by atoms with E-state index in [9.17, 15) is 4.79 Å². The first-order valence-electron chi connectivity index (χ1n) is 8.38. The van der Waals surface area contributed by atoms with Gasteiger partial charge < -0.3 is 25.7 Å². The maximum Gasteiger partial charge on any atom is 0.285 e. The van der Waals surface area contributed by atoms with Gasteiger partial charge >= 0.3 is 0 Å². The van der Waals surface area contributed by atoms with Gasteiger partial charge in [-0.3, -0.25) is 4.79 Å². The summed E-state index contributed by atoms with van der Waals surface area (Å²) in [5.74, 6) is -0.470. The van der Waals surface area contributed by atoms with E-state index in [0.717, 1.165) is 22.6 Å². The number of hydrogen-bond acceptors (Lipinski definition) is 4. The number of thiocarbonyl (C=S) groups is 1. The van der Waals surface area contributed by atoms with Crippen LogP contribution in [0.15, 0.2) is 59.2 Å². The number of anilines is 3. The summed E-state index contributed by atoms with van der Waals surface area (Å²) in [6, 6.07) is 14.8. The van der Waals surface area contributed by atoms with Gasteiger partial charge in [0.2, 0.25) is 0 Å². The fourth-order valence-corrected chi connectivity index (χ4v) is 3.29. The molecule has 0 atom stereocenters. The maximum absolute atomic E-state index is 11.4. The zero-order chi connectivity index (χ0) is 20.3. The molecule has 8 heteroatoms. The molecule has 144 valence electrons. The second kappa shape index (κ2) is 8.33. The van der Waals surface area contributed by atoms with Gasteiger partial charge in [0.25, 0.3) is 5.91 Å². The Balaban J connectivity index is 1.67. The highest BCUT2D eigenvalue weighted by Crippen LogP contribution is 2.28. The van der Waals surface area contributed by atoms with Crippen molar-refractivity contribution in [1.82, 2.24) is 0 Å². The molecule has 4 N–H and O–H groups in total. The van der Waals surface area contributed by atoms with Crippen molar-refractivity contribution in [3.8, 4) is 11.1 Å². The topological polar surface area (TPSA) is 83.5 Å². The van der Waals surface area contributed by atoms with Crippen molar-refractivity contribution in [2.45, 2.75) is 0 Å². The summed E-state index contributed by atoms with van der Waals surface area (Å²) in [7, 11) is 3.86. The summed E-state index contributed by atoms with van der Waals surface area (Å²) in [5, 5.41) is 7.28. The average Bonchev–Trinajstić information content (AvgIpc) is 3.12. The number of rotatable bonds is 5. The Hall–Kier alpha value is -3.03. The van der Waals surface area contributed by atoms with Crippen LogP contribution in [-0.2, 0) is 0 Å². The molecular formula is C20H19ClN4O2S. The molecule has 0 bridgehead atoms. The number of amides is 1. The minimum absolute atomic E-state index is 0.135. The molecular weight excluding hydrogens is 396 g/mol. The minimum Gasteiger partial charge on any atom is -0.459 e. The molecule has 0 aliphatic heterocycles. The lowest BCUT2D eigenvalue weighted by molar-refractivity contribution is 0.0975. The van der Waals surface area contributed by atoms with Crippen LogP contribution in [0, 0.1) is 0 Å². The van der Waals surface area contributed by atoms with Crippen LogP contribution in [0.1, 0.15) is 10.6 Å². The molecule has 28 heavy (non-hydrogen) atoms. The van der Waals surface area contributed by atoms with E-state index >= 15 is 0 Å². The first-order chi connectivity index (χ1) is 13.3. The summed E-state index contributed by atoms with van der Waals surface area (Å²) in [6.07, 6.45) is 1.44. The number of carbonyl (C=O) groups excluding carboxylic acids is 1. The Kier molecular flexibility index (Phi) is 5.87. The minimum atomic E-state index is -0.605. The molecule has 0 fully saturated rings. The molecule has 1 aromatic heterocycles. The van der Waals surface area contributed by atoms with E-state index in [4.69, 9.17) is 34.0 Å². The van der Waals surface area contributed by atoms with Gasteiger partial charge in [-0.1, -0.05) is 23.7 Å². The normalized spacial score (nSPS) is 10.4. The van der Waals surface area contributed by atoms with Crippen LogP contribution in [0.4, 0.5) is 17.1 Å². The van der Waals surface area contributed by atoms with E-state index in [0.29, 0.717) is 15.7 Å². The van der Waals surface area contributed by atoms with E-state index in [2.05, 4.69) is 10.6 Å². The molecule has 0 aliphatic carbocycles. The van der Waals surface area contributed by atoms with Gasteiger partial charge in [0.15, 0.2) is 10.9 Å². The number of primary amides is 1. The van der Waals surface area contributed by atoms with Gasteiger partial charge in [0, 0.05) is 31.0 Å². The average molecular weight is 415 g/mol. The van der Waals surface area contributed by atoms with Gasteiger partial charge in [-0.15, -0.1) is 0 Å². The van der Waals surface area contributed by atoms with Crippen molar-refractivity contribution in [3.05, 3.63) is 65.6 Å². The predicted octanol–water partition coefficient (Wildman–Crippen LogP) is 4.57. The number of benzene rings is 2. The van der Waals surface area contributed by atoms with E-state index in [1.807, 2.05) is 61.5 Å². The molecule has 2 aromatic carbocycles. The van der Waals surface area contributed by atoms with Crippen molar-refractivity contribution < 1.29 is 9.21 Å². The van der Waals surface area contributed by atoms with Gasteiger partial charge in [-0.25, -0.2) is 0 Å². The first-order valence-corrected chi connectivity index (χ1v) is 9.16. The smallest absolute Gasteiger partial charge is 0.285 e. The van der Waals surface area contributed by atoms with Gasteiger partial charge in [-0.05, 0) is 54.2 Å². The SMILES string of the molecule is CN(C)c1ccc(NC(=S)Nc2ccc(-c3ccoc3C(N)=O)cc2)cc1Cl. The van der Waals surface area contributed by atoms with Crippen molar-refractivity contribution in [3.63, 3.8) is 0 Å². The third-order valence-corrected chi connectivity index (χ3v) is 4.54. The predicted molar refractivity (Wildman–Crippen MR) is 118 cm³/mol. The fraction of sp³-hybridized carbons (Fsp3) is 0.100. The lowest BCUT2D eigenvalue weighted by atomic mass is 10.1. The molecule has 3 aromatic rings. The van der Waals surface area contributed by atoms with Crippen molar-refractivity contribution >= 4 is 51.9 Å². The molecule has 0 aliphatic rings. The number of carbonyl (C=O) groups is 1. The fourth-order valence-electron chi connectivity index (χ4n) is 2.70. The third kappa shape index (κ3) is 4.44. The Morgan fingerprint density at radius 3 is 2.32 bits per heavy atom. The Morgan fingerprint density at radius 1 is 1.07 bits per heavy atom. The maximum atomic E-state index is 11.4. The van der Waals surface area contributed by atoms with Gasteiger partial charge in [-0.2, -0.15) is 0 Å². The van der Waals surface area contributed by atoms with Crippen LogP contribution in [-0.4, -0.2) is 25.1 Å². The van der Waals surface area contributed by atoms with Crippen LogP contribution >= 0.6 is 23.8 Å². The van der Waals surface area contributed by atoms with Crippen LogP contribution in [0.25, 0.3) is 11.1 Å². The summed E-state index contributed by atoms with van der Waals surface area (Å²) < 4.78 is 5.14. The largest absolute Gasteiger partial charge is 0.459 e. The zero-order valence-electron chi connectivity index (χ0n) is 15.3. The number of nitrogens with one attached hydrogen (secondary N) is 2. The Bertz CT molecular complexity index is 1020. The number of nitrogens with zero attached hydrogens (tertiary/aromatic N) is 1. The van der Waals surface area contributed by atoms with E-state index in [1.165, 1.54) is 6.26 Å². The van der Waals surface area contributed by atoms with Gasteiger partial charge in [0.1, 0.15) is 0 Å². The molecule has 3 rings (SSSR count). The summed E-state index contributed by atoms with van der Waals surface area (Å²) in [5.41, 5.74) is 9.29. The summed E-state index contributed by atoms with van der Waals surface area (Å²) in [4.78, 5) is 13.3. The molecule has 1 heterocycles. The number of hydrogen-bond donors (Lipinski definition) is 3. The number of halogens is 1. The van der Waals surface area contributed by atoms with E-state index in [1.54, 1.807) is 6.07 Å². The molecule has 0 unspecified atom stereocenters. The lowest BCUT2D eigenvalue weighted by Crippen LogP contribution is -2.19. The highest BCUT2D eigenvalue weighted by Gasteiger charge is 2.13. The molecule has 1 amide bonds. The van der Waals surface area contributed by atoms with Crippen molar-refractivity contribution in [1.29, 1.82) is 0 Å². The van der Waals surface area contributed by atoms with Crippen LogP contribution < -0.4 is 21.3 Å². The second-order valence-corrected chi connectivity index (χ2v) is 7.06. The Labute approximate surface area is 173 Å². The first kappa shape index (κ1) is 19.7. The lowest BCUT2D eigenvalue weighted by Gasteiger charge is -2.16. The summed E-state index contributed by atoms with van der Waals surface area (Å²) in [6.45, 7) is 0. The standard InChI is InChI=1S/C20H19ClN4O2S/c1-25(2)17-8-7-14(11-16(17)21)24-20(28)23-13-5-3-12(4-6-13)15-9-10-27-18(15)19(22)26/h3-11H,1-2H3,(H2,22,26)(H2,23,24,28). The van der Waals surface area contributed by atoms with Crippen molar-refractivity contribution in [2.75, 3.05) is 29.6 Å². The van der Waals surface area contributed by atoms with Crippen molar-refractivity contribution in [2.24, 2.45) is 5.73 Å². The highest BCUT2D eigenvalue weighted by molar-refractivity contribution is 7.80. The van der Waals surface area contributed by atoms with Crippen LogP contribution in [0.3, 0.4) is 0 Å². The molecule has 0 saturated heterocycles. The van der Waals surface area contributed by atoms with Crippen LogP contribution in [0.2, 0.25) is 5.02 Å². The molecule has 0 saturated carbocycles. The van der Waals surface area contributed by atoms with E-state index < -0.39 is 5.91 Å². The monoisotopic (exact) mass is 414 g/mol. The van der Waals surface area contributed by atoms with Crippen LogP contribution in [0.5, 0.6) is 0 Å². The molecule has 6 nitrogen and oxygen atoms in total. The third-order valence-electron chi connectivity index (χ3n) is 4.03. The second-order valence-electron chi connectivity index (χ2n) is 6.24. The van der Waals surface area contributed by atoms with E-state index in [-0.39, 0.29) is 5.76 Å². The quantitative estimate of drug-likeness (QED) is 0.530. The molecule has 0 spiro atoms. The Morgan fingerprint density at radius 2 is 1.71 bits per heavy atom. The zero-order valence-corrected chi connectivity index (χ0v) is 16.9. The molecule has 0 radical (unpaired) electrons. The number of furan rings is 1. The number of nitrogens with two attached hydrogens (primary N) is 1. The summed E-state index contributed by atoms with van der Waals surface area (Å²) >= 11 is 11.6. The van der Waals surface area contributed by atoms with Gasteiger partial charge in [0.05, 0.1) is 17.0 Å². The highest BCUT2D eigenvalue weighted by atomic mass is 35.5.